The molecule has 3 aliphatic rings. The maximum atomic E-state index is 13.8. The Morgan fingerprint density at radius 1 is 0.972 bits per heavy atom. The molecule has 8 heteroatoms. The Hall–Kier alpha value is -4.20. The Morgan fingerprint density at radius 3 is 2.47 bits per heavy atom. The fourth-order valence-electron chi connectivity index (χ4n) is 6.03. The van der Waals surface area contributed by atoms with Gasteiger partial charge in [-0.15, -0.1) is 0 Å². The number of esters is 1. The second-order valence-electron chi connectivity index (χ2n) is 10.1. The van der Waals surface area contributed by atoms with Gasteiger partial charge in [-0.3, -0.25) is 18.9 Å². The van der Waals surface area contributed by atoms with Crippen LogP contribution in [0.3, 0.4) is 0 Å². The average molecular weight is 481 g/mol. The molecule has 4 aromatic rings. The van der Waals surface area contributed by atoms with Crippen LogP contribution in [0.15, 0.2) is 71.8 Å². The van der Waals surface area contributed by atoms with Crippen LogP contribution >= 0.6 is 0 Å². The number of para-hydroxylation sites is 2. The zero-order chi connectivity index (χ0) is 24.7. The minimum atomic E-state index is -0.777. The lowest BCUT2D eigenvalue weighted by atomic mass is 9.92. The van der Waals surface area contributed by atoms with E-state index in [1.54, 1.807) is 28.6 Å². The molecule has 2 aromatic heterocycles. The molecular formula is C28H24N4O4. The largest absolute Gasteiger partial charge is 0.449 e. The van der Waals surface area contributed by atoms with Gasteiger partial charge in [0.2, 0.25) is 5.91 Å². The minimum absolute atomic E-state index is 0.0769. The summed E-state index contributed by atoms with van der Waals surface area (Å²) in [5.74, 6) is -0.291. The highest BCUT2D eigenvalue weighted by molar-refractivity contribution is 5.95. The summed E-state index contributed by atoms with van der Waals surface area (Å²) in [6.07, 6.45) is 5.35. The average Bonchev–Trinajstić information content (AvgIpc) is 3.45. The van der Waals surface area contributed by atoms with Crippen molar-refractivity contribution < 1.29 is 14.3 Å². The summed E-state index contributed by atoms with van der Waals surface area (Å²) >= 11 is 0. The molecule has 1 unspecified atom stereocenters. The third kappa shape index (κ3) is 2.75. The Morgan fingerprint density at radius 2 is 1.72 bits per heavy atom. The number of carbonyl (C=O) groups excluding carboxylic acids is 2. The van der Waals surface area contributed by atoms with E-state index in [1.807, 2.05) is 59.5 Å². The standard InChI is InChI=1S/C28H24N4O4/c1-30-22-4-2-3-5-23(22)32(26(30)35)19-8-6-18(7-9-19)27(11-12-27)25(34)31-15-13-28(17-31)21-10-14-29-16-20(21)24(33)36-28/h2-10,14,16H,11-13,15,17H2,1H3. The van der Waals surface area contributed by atoms with Gasteiger partial charge in [-0.25, -0.2) is 9.59 Å². The summed E-state index contributed by atoms with van der Waals surface area (Å²) in [6, 6.07) is 17.3. The molecule has 1 aliphatic carbocycles. The zero-order valence-electron chi connectivity index (χ0n) is 19.8. The molecule has 2 aromatic carbocycles. The van der Waals surface area contributed by atoms with Crippen molar-refractivity contribution in [3.63, 3.8) is 0 Å². The third-order valence-corrected chi connectivity index (χ3v) is 8.14. The number of fused-ring (bicyclic) bond motifs is 3. The second kappa shape index (κ2) is 7.16. The number of rotatable bonds is 3. The first-order valence-corrected chi connectivity index (χ1v) is 12.2. The molecule has 1 saturated heterocycles. The van der Waals surface area contributed by atoms with Crippen molar-refractivity contribution >= 4 is 22.9 Å². The number of aromatic nitrogens is 3. The van der Waals surface area contributed by atoms with E-state index >= 15 is 0 Å². The quantitative estimate of drug-likeness (QED) is 0.421. The molecule has 0 N–H and O–H groups in total. The number of carbonyl (C=O) groups is 2. The predicted molar refractivity (Wildman–Crippen MR) is 132 cm³/mol. The maximum absolute atomic E-state index is 13.8. The van der Waals surface area contributed by atoms with Gasteiger partial charge in [-0.05, 0) is 48.7 Å². The highest BCUT2D eigenvalue weighted by Crippen LogP contribution is 2.52. The summed E-state index contributed by atoms with van der Waals surface area (Å²) in [4.78, 5) is 45.0. The first-order chi connectivity index (χ1) is 17.4. The number of likely N-dealkylation sites (tertiary alicyclic amines) is 1. The summed E-state index contributed by atoms with van der Waals surface area (Å²) < 4.78 is 9.15. The van der Waals surface area contributed by atoms with Crippen molar-refractivity contribution in [1.82, 2.24) is 19.0 Å². The Bertz CT molecular complexity index is 1630. The van der Waals surface area contributed by atoms with Crippen molar-refractivity contribution in [3.05, 3.63) is 94.2 Å². The number of ether oxygens (including phenoxy) is 1. The van der Waals surface area contributed by atoms with Crippen LogP contribution in [-0.2, 0) is 27.6 Å². The summed E-state index contributed by atoms with van der Waals surface area (Å²) in [6.45, 7) is 0.902. The number of imidazole rings is 1. The van der Waals surface area contributed by atoms with Crippen LogP contribution in [0.4, 0.5) is 0 Å². The van der Waals surface area contributed by atoms with Crippen LogP contribution < -0.4 is 5.69 Å². The highest BCUT2D eigenvalue weighted by Gasteiger charge is 2.57. The van der Waals surface area contributed by atoms with E-state index in [-0.39, 0.29) is 17.6 Å². The van der Waals surface area contributed by atoms with Gasteiger partial charge >= 0.3 is 11.7 Å². The van der Waals surface area contributed by atoms with Crippen molar-refractivity contribution in [2.45, 2.75) is 30.3 Å². The predicted octanol–water partition coefficient (Wildman–Crippen LogP) is 3.05. The number of hydrogen-bond donors (Lipinski definition) is 0. The topological polar surface area (TPSA) is 86.4 Å². The first kappa shape index (κ1) is 21.1. The summed E-state index contributed by atoms with van der Waals surface area (Å²) in [7, 11) is 1.77. The molecule has 180 valence electrons. The molecule has 7 rings (SSSR count). The van der Waals surface area contributed by atoms with Crippen molar-refractivity contribution in [2.75, 3.05) is 13.1 Å². The molecule has 36 heavy (non-hydrogen) atoms. The molecular weight excluding hydrogens is 456 g/mol. The third-order valence-electron chi connectivity index (χ3n) is 8.14. The van der Waals surface area contributed by atoms with Crippen molar-refractivity contribution in [2.24, 2.45) is 7.05 Å². The monoisotopic (exact) mass is 480 g/mol. The molecule has 1 atom stereocenters. The van der Waals surface area contributed by atoms with Crippen molar-refractivity contribution in [3.8, 4) is 5.69 Å². The fraction of sp³-hybridized carbons (Fsp3) is 0.286. The van der Waals surface area contributed by atoms with Crippen LogP contribution in [-0.4, -0.2) is 44.0 Å². The Labute approximate surface area is 206 Å². The molecule has 2 aliphatic heterocycles. The first-order valence-electron chi connectivity index (χ1n) is 12.2. The minimum Gasteiger partial charge on any atom is -0.449 e. The number of amides is 1. The van der Waals surface area contributed by atoms with E-state index in [0.29, 0.717) is 25.1 Å². The molecule has 1 saturated carbocycles. The van der Waals surface area contributed by atoms with Gasteiger partial charge in [-0.1, -0.05) is 24.3 Å². The van der Waals surface area contributed by atoms with E-state index in [1.165, 1.54) is 0 Å². The Kier molecular flexibility index (Phi) is 4.20. The van der Waals surface area contributed by atoms with E-state index in [4.69, 9.17) is 4.74 Å². The normalized spacial score (nSPS) is 21.7. The number of benzene rings is 2. The molecule has 0 radical (unpaired) electrons. The van der Waals surface area contributed by atoms with Crippen molar-refractivity contribution in [1.29, 1.82) is 0 Å². The SMILES string of the molecule is Cn1c(=O)n(-c2ccc(C3(C(=O)N4CCC5(C4)OC(=O)c4cnccc45)CC3)cc2)c2ccccc21. The van der Waals surface area contributed by atoms with Crippen LogP contribution in [0.5, 0.6) is 0 Å². The molecule has 1 spiro atoms. The second-order valence-corrected chi connectivity index (χ2v) is 10.1. The van der Waals surface area contributed by atoms with E-state index in [9.17, 15) is 14.4 Å². The van der Waals surface area contributed by atoms with Crippen LogP contribution in [0, 0.1) is 0 Å². The van der Waals surface area contributed by atoms with Crippen LogP contribution in [0.2, 0.25) is 0 Å². The molecule has 4 heterocycles. The molecule has 8 nitrogen and oxygen atoms in total. The molecule has 0 bridgehead atoms. The lowest BCUT2D eigenvalue weighted by Crippen LogP contribution is -2.40. The van der Waals surface area contributed by atoms with Gasteiger partial charge < -0.3 is 9.64 Å². The highest BCUT2D eigenvalue weighted by atomic mass is 16.6. The smallest absolute Gasteiger partial charge is 0.341 e. The van der Waals surface area contributed by atoms with Crippen LogP contribution in [0.25, 0.3) is 16.7 Å². The van der Waals surface area contributed by atoms with Gasteiger partial charge in [0.1, 0.15) is 0 Å². The zero-order valence-corrected chi connectivity index (χ0v) is 19.8. The van der Waals surface area contributed by atoms with Gasteiger partial charge in [-0.2, -0.15) is 0 Å². The van der Waals surface area contributed by atoms with Gasteiger partial charge in [0.05, 0.1) is 34.2 Å². The lowest BCUT2D eigenvalue weighted by molar-refractivity contribution is -0.134. The Balaban J connectivity index is 1.18. The van der Waals surface area contributed by atoms with E-state index in [2.05, 4.69) is 4.98 Å². The summed E-state index contributed by atoms with van der Waals surface area (Å²) in [5, 5.41) is 0. The van der Waals surface area contributed by atoms with Gasteiger partial charge in [0.15, 0.2) is 5.60 Å². The molecule has 1 amide bonds. The van der Waals surface area contributed by atoms with Gasteiger partial charge in [0, 0.05) is 38.0 Å². The fourth-order valence-corrected chi connectivity index (χ4v) is 6.03. The number of aryl methyl sites for hydroxylation is 1. The van der Waals surface area contributed by atoms with E-state index in [0.717, 1.165) is 40.7 Å². The van der Waals surface area contributed by atoms with Crippen LogP contribution in [0.1, 0.15) is 40.7 Å². The van der Waals surface area contributed by atoms with Gasteiger partial charge in [0.25, 0.3) is 0 Å². The number of hydrogen-bond acceptors (Lipinski definition) is 5. The number of pyridine rings is 1. The molecule has 2 fully saturated rings. The maximum Gasteiger partial charge on any atom is 0.341 e. The summed E-state index contributed by atoms with van der Waals surface area (Å²) in [5.41, 5.74) is 3.32. The lowest BCUT2D eigenvalue weighted by Gasteiger charge is -2.27. The van der Waals surface area contributed by atoms with E-state index < -0.39 is 11.0 Å². The number of nitrogens with zero attached hydrogens (tertiary/aromatic N) is 4.